The van der Waals surface area contributed by atoms with E-state index in [2.05, 4.69) is 74.8 Å². The summed E-state index contributed by atoms with van der Waals surface area (Å²) < 4.78 is 39.3. The highest BCUT2D eigenvalue weighted by molar-refractivity contribution is 7.44. The maximum absolute atomic E-state index is 9.23. The smallest absolute Gasteiger partial charge is 0.261 e. The van der Waals surface area contributed by atoms with Crippen LogP contribution in [0.25, 0.3) is 0 Å². The summed E-state index contributed by atoms with van der Waals surface area (Å²) in [5, 5.41) is 9.23. The van der Waals surface area contributed by atoms with E-state index in [0.717, 1.165) is 16.7 Å². The van der Waals surface area contributed by atoms with Crippen molar-refractivity contribution in [2.45, 2.75) is 58.1 Å². The predicted octanol–water partition coefficient (Wildman–Crippen LogP) is 7.29. The van der Waals surface area contributed by atoms with Gasteiger partial charge in [-0.15, -0.1) is 0 Å². The number of ether oxygens (including phenoxy) is 4. The van der Waals surface area contributed by atoms with E-state index in [1.165, 1.54) is 0 Å². The first kappa shape index (κ1) is 35.8. The molecule has 3 aromatic rings. The van der Waals surface area contributed by atoms with Crippen LogP contribution in [0.1, 0.15) is 50.8 Å². The highest BCUT2D eigenvalue weighted by Crippen LogP contribution is 2.49. The molecule has 8 nitrogen and oxygen atoms in total. The van der Waals surface area contributed by atoms with Crippen LogP contribution in [0.4, 0.5) is 0 Å². The molecule has 3 rings (SSSR count). The van der Waals surface area contributed by atoms with Gasteiger partial charge in [-0.3, -0.25) is 4.52 Å². The largest absolute Gasteiger partial charge is 0.382 e. The van der Waals surface area contributed by atoms with Gasteiger partial charge in [0.2, 0.25) is 0 Å². The number of methoxy groups -OCH3 is 1. The molecule has 0 heterocycles. The van der Waals surface area contributed by atoms with Crippen LogP contribution in [0.5, 0.6) is 0 Å². The van der Waals surface area contributed by atoms with Crippen molar-refractivity contribution in [1.82, 2.24) is 4.67 Å². The molecule has 2 unspecified atom stereocenters. The summed E-state index contributed by atoms with van der Waals surface area (Å²) in [5.41, 5.74) is 1.83. The quantitative estimate of drug-likeness (QED) is 0.0530. The van der Waals surface area contributed by atoms with Crippen LogP contribution in [0.2, 0.25) is 0 Å². The van der Waals surface area contributed by atoms with Gasteiger partial charge in [0.1, 0.15) is 5.60 Å². The van der Waals surface area contributed by atoms with Gasteiger partial charge in [0.05, 0.1) is 52.1 Å². The molecule has 2 atom stereocenters. The summed E-state index contributed by atoms with van der Waals surface area (Å²) >= 11 is 0. The lowest BCUT2D eigenvalue weighted by Gasteiger charge is -2.41. The number of rotatable bonds is 21. The van der Waals surface area contributed by atoms with E-state index in [4.69, 9.17) is 28.0 Å². The molecule has 9 heteroatoms. The summed E-state index contributed by atoms with van der Waals surface area (Å²) in [5.74, 6) is 0. The summed E-state index contributed by atoms with van der Waals surface area (Å²) in [7, 11) is 0.0283. The second-order valence-corrected chi connectivity index (χ2v) is 12.1. The van der Waals surface area contributed by atoms with Crippen LogP contribution in [-0.4, -0.2) is 69.8 Å². The molecule has 0 saturated heterocycles. The molecular weight excluding hydrogens is 575 g/mol. The minimum Gasteiger partial charge on any atom is -0.382 e. The molecule has 0 fully saturated rings. The highest BCUT2D eigenvalue weighted by atomic mass is 31.2. The topological polar surface area (TPSA) is 82.4 Å². The summed E-state index contributed by atoms with van der Waals surface area (Å²) in [6, 6.07) is 32.9. The van der Waals surface area contributed by atoms with Gasteiger partial charge >= 0.3 is 0 Å². The third kappa shape index (κ3) is 10.4. The normalized spacial score (nSPS) is 13.3. The van der Waals surface area contributed by atoms with E-state index in [1.807, 2.05) is 54.6 Å². The molecule has 0 radical (unpaired) electrons. The number of hydrogen-bond donors (Lipinski definition) is 0. The van der Waals surface area contributed by atoms with Crippen LogP contribution in [0, 0.1) is 11.3 Å². The van der Waals surface area contributed by atoms with Gasteiger partial charge in [0, 0.05) is 19.2 Å². The monoisotopic (exact) mass is 622 g/mol. The van der Waals surface area contributed by atoms with Gasteiger partial charge in [-0.05, 0) is 44.4 Å². The Morgan fingerprint density at radius 1 is 0.705 bits per heavy atom. The Balaban J connectivity index is 2.06. The second kappa shape index (κ2) is 19.6. The van der Waals surface area contributed by atoms with Crippen molar-refractivity contribution in [3.63, 3.8) is 0 Å². The molecular formula is C35H47N2O6P. The first-order chi connectivity index (χ1) is 21.4. The Bertz CT molecular complexity index is 1110. The molecule has 0 saturated carbocycles. The van der Waals surface area contributed by atoms with Gasteiger partial charge in [-0.25, -0.2) is 4.67 Å². The Morgan fingerprint density at radius 2 is 1.18 bits per heavy atom. The zero-order valence-corrected chi connectivity index (χ0v) is 27.5. The molecule has 0 spiro atoms. The standard InChI is InChI=1S/C35H47N2O6P/c1-29(2)37(30(3)4)44(41-23-15-22-36)43-34(28-40-27-26-39-25-24-38-5)42-35(31-16-9-6-10-17-31,32-18-11-7-12-19-32)33-20-13-8-14-21-33/h6-14,16-21,29-30,34H,15,23-28H2,1-5H3. The Kier molecular flexibility index (Phi) is 16.0. The average molecular weight is 623 g/mol. The maximum atomic E-state index is 9.23. The van der Waals surface area contributed by atoms with Crippen molar-refractivity contribution in [3.05, 3.63) is 108 Å². The lowest BCUT2D eigenvalue weighted by Crippen LogP contribution is -2.41. The van der Waals surface area contributed by atoms with Gasteiger partial charge in [0.15, 0.2) is 6.29 Å². The number of hydrogen-bond acceptors (Lipinski definition) is 8. The summed E-state index contributed by atoms with van der Waals surface area (Å²) in [6.07, 6.45) is -0.586. The predicted molar refractivity (Wildman–Crippen MR) is 174 cm³/mol. The van der Waals surface area contributed by atoms with Crippen molar-refractivity contribution in [1.29, 1.82) is 5.26 Å². The number of benzene rings is 3. The molecule has 0 bridgehead atoms. The highest BCUT2D eigenvalue weighted by Gasteiger charge is 2.42. The van der Waals surface area contributed by atoms with E-state index >= 15 is 0 Å². The summed E-state index contributed by atoms with van der Waals surface area (Å²) in [4.78, 5) is 0. The number of nitriles is 1. The minimum atomic E-state index is -1.62. The van der Waals surface area contributed by atoms with Crippen LogP contribution in [0.3, 0.4) is 0 Å². The molecule has 44 heavy (non-hydrogen) atoms. The van der Waals surface area contributed by atoms with E-state index in [-0.39, 0.29) is 31.7 Å². The van der Waals surface area contributed by atoms with Crippen LogP contribution in [0.15, 0.2) is 91.0 Å². The summed E-state index contributed by atoms with van der Waals surface area (Å²) in [6.45, 7) is 10.6. The SMILES string of the molecule is COCCOCCOCC(OP(OCCC#N)N(C(C)C)C(C)C)OC(c1ccccc1)(c1ccccc1)c1ccccc1. The molecule has 3 aromatic carbocycles. The third-order valence-corrected chi connectivity index (χ3v) is 8.90. The third-order valence-electron chi connectivity index (χ3n) is 6.78. The van der Waals surface area contributed by atoms with Crippen molar-refractivity contribution in [2.75, 3.05) is 46.8 Å². The van der Waals surface area contributed by atoms with E-state index in [1.54, 1.807) is 7.11 Å². The fourth-order valence-corrected chi connectivity index (χ4v) is 6.55. The van der Waals surface area contributed by atoms with E-state index in [9.17, 15) is 5.26 Å². The van der Waals surface area contributed by atoms with Crippen molar-refractivity contribution in [2.24, 2.45) is 0 Å². The molecule has 0 aromatic heterocycles. The zero-order valence-electron chi connectivity index (χ0n) is 26.6. The lowest BCUT2D eigenvalue weighted by molar-refractivity contribution is -0.176. The van der Waals surface area contributed by atoms with Crippen molar-refractivity contribution < 1.29 is 28.0 Å². The molecule has 0 N–H and O–H groups in total. The van der Waals surface area contributed by atoms with Crippen LogP contribution in [-0.2, 0) is 33.6 Å². The molecule has 0 aliphatic rings. The van der Waals surface area contributed by atoms with Gasteiger partial charge in [-0.1, -0.05) is 91.0 Å². The van der Waals surface area contributed by atoms with Gasteiger partial charge < -0.3 is 23.5 Å². The average Bonchev–Trinajstić information content (AvgIpc) is 3.04. The molecule has 238 valence electrons. The first-order valence-corrected chi connectivity index (χ1v) is 16.3. The van der Waals surface area contributed by atoms with E-state index < -0.39 is 20.4 Å². The molecule has 0 amide bonds. The maximum Gasteiger partial charge on any atom is 0.261 e. The van der Waals surface area contributed by atoms with Crippen molar-refractivity contribution in [3.8, 4) is 6.07 Å². The van der Waals surface area contributed by atoms with Crippen LogP contribution >= 0.6 is 8.53 Å². The van der Waals surface area contributed by atoms with E-state index in [0.29, 0.717) is 26.4 Å². The van der Waals surface area contributed by atoms with Gasteiger partial charge in [-0.2, -0.15) is 5.26 Å². The zero-order chi connectivity index (χ0) is 31.6. The first-order valence-electron chi connectivity index (χ1n) is 15.2. The molecule has 0 aliphatic carbocycles. The second-order valence-electron chi connectivity index (χ2n) is 10.7. The number of nitrogens with zero attached hydrogens (tertiary/aromatic N) is 2. The van der Waals surface area contributed by atoms with Crippen molar-refractivity contribution >= 4 is 8.53 Å². The fraction of sp³-hybridized carbons (Fsp3) is 0.457. The Hall–Kier alpha value is -2.70. The fourth-order valence-electron chi connectivity index (χ4n) is 4.94. The van der Waals surface area contributed by atoms with Gasteiger partial charge in [0.25, 0.3) is 8.53 Å². The van der Waals surface area contributed by atoms with Crippen LogP contribution < -0.4 is 0 Å². The Labute approximate surface area is 264 Å². The lowest BCUT2D eigenvalue weighted by atomic mass is 9.80. The Morgan fingerprint density at radius 3 is 1.64 bits per heavy atom. The minimum absolute atomic E-state index is 0.126. The molecule has 0 aliphatic heterocycles.